The van der Waals surface area contributed by atoms with Gasteiger partial charge < -0.3 is 23.4 Å². The summed E-state index contributed by atoms with van der Waals surface area (Å²) in [4.78, 5) is 11.3. The second-order valence-electron chi connectivity index (χ2n) is 8.29. The summed E-state index contributed by atoms with van der Waals surface area (Å²) in [6.07, 6.45) is 1.89. The minimum atomic E-state index is -1.63. The molecular formula is C17H38O6Si3. The normalized spacial score (nSPS) is 15.9. The van der Waals surface area contributed by atoms with Gasteiger partial charge in [0.15, 0.2) is 16.6 Å². The fraction of sp³-hybridized carbons (Fsp3) is 0.824. The largest absolute Gasteiger partial charge is 0.430 e. The first-order valence-electron chi connectivity index (χ1n) is 9.32. The van der Waals surface area contributed by atoms with E-state index in [0.717, 1.165) is 12.5 Å². The van der Waals surface area contributed by atoms with E-state index in [1.54, 1.807) is 19.9 Å². The van der Waals surface area contributed by atoms with E-state index in [4.69, 9.17) is 18.3 Å². The molecule has 0 saturated carbocycles. The highest BCUT2D eigenvalue weighted by molar-refractivity contribution is 6.71. The predicted molar refractivity (Wildman–Crippen MR) is 113 cm³/mol. The van der Waals surface area contributed by atoms with Gasteiger partial charge in [0.2, 0.25) is 6.29 Å². The molecule has 154 valence electrons. The molecule has 0 aromatic rings. The van der Waals surface area contributed by atoms with E-state index in [-0.39, 0.29) is 5.91 Å². The molecule has 1 N–H and O–H groups in total. The molecule has 0 amide bonds. The minimum Gasteiger partial charge on any atom is -0.430 e. The molecule has 6 nitrogen and oxygen atoms in total. The summed E-state index contributed by atoms with van der Waals surface area (Å²) in [5.74, 6) is -0.587. The summed E-state index contributed by atoms with van der Waals surface area (Å²) >= 11 is 0. The van der Waals surface area contributed by atoms with Crippen LogP contribution in [0.3, 0.4) is 0 Å². The lowest BCUT2D eigenvalue weighted by Gasteiger charge is -2.31. The van der Waals surface area contributed by atoms with Gasteiger partial charge in [-0.1, -0.05) is 12.1 Å². The maximum absolute atomic E-state index is 11.3. The van der Waals surface area contributed by atoms with Crippen LogP contribution in [0.1, 0.15) is 20.3 Å². The van der Waals surface area contributed by atoms with E-state index in [9.17, 15) is 9.90 Å². The van der Waals surface area contributed by atoms with Gasteiger partial charge >= 0.3 is 5.97 Å². The van der Waals surface area contributed by atoms with Crippen LogP contribution in [-0.2, 0) is 23.1 Å². The highest BCUT2D eigenvalue weighted by Gasteiger charge is 2.26. The monoisotopic (exact) mass is 422 g/mol. The smallest absolute Gasteiger partial charge is 0.332 e. The van der Waals surface area contributed by atoms with E-state index in [2.05, 4.69) is 39.3 Å². The molecule has 0 saturated heterocycles. The molecule has 0 bridgehead atoms. The Balaban J connectivity index is 4.17. The quantitative estimate of drug-likeness (QED) is 0.162. The van der Waals surface area contributed by atoms with Crippen molar-refractivity contribution in [1.82, 2.24) is 0 Å². The predicted octanol–water partition coefficient (Wildman–Crippen LogP) is 2.79. The number of hydrogen-bond acceptors (Lipinski definition) is 6. The van der Waals surface area contributed by atoms with Crippen molar-refractivity contribution in [1.29, 1.82) is 0 Å². The molecular weight excluding hydrogens is 384 g/mol. The van der Waals surface area contributed by atoms with Crippen LogP contribution in [0.5, 0.6) is 0 Å². The zero-order valence-electron chi connectivity index (χ0n) is 17.7. The molecule has 0 aliphatic heterocycles. The first-order valence-corrected chi connectivity index (χ1v) is 18.0. The number of aliphatic hydroxyl groups excluding tert-OH is 1. The SMILES string of the molecule is CC=CC(=O)OC(O)C(C)OCCC[SiH2]C(O[Si](C)(C)C)O[Si](C)(C)C. The Kier molecular flexibility index (Phi) is 12.1. The van der Waals surface area contributed by atoms with Gasteiger partial charge in [-0.15, -0.1) is 0 Å². The zero-order valence-corrected chi connectivity index (χ0v) is 21.1. The average Bonchev–Trinajstić information content (AvgIpc) is 2.43. The summed E-state index contributed by atoms with van der Waals surface area (Å²) in [6.45, 7) is 17.0. The Hall–Kier alpha value is -0.299. The molecule has 0 spiro atoms. The second kappa shape index (κ2) is 12.2. The summed E-state index contributed by atoms with van der Waals surface area (Å²) in [5.41, 5.74) is 0. The van der Waals surface area contributed by atoms with Gasteiger partial charge in [-0.3, -0.25) is 0 Å². The molecule has 2 unspecified atom stereocenters. The van der Waals surface area contributed by atoms with E-state index in [1.807, 2.05) is 0 Å². The van der Waals surface area contributed by atoms with Gasteiger partial charge in [0, 0.05) is 12.7 Å². The highest BCUT2D eigenvalue weighted by atomic mass is 28.4. The summed E-state index contributed by atoms with van der Waals surface area (Å²) in [5, 5.41) is 9.79. The third-order valence-corrected chi connectivity index (χ3v) is 7.45. The number of carbonyl (C=O) groups is 1. The van der Waals surface area contributed by atoms with E-state index in [1.165, 1.54) is 6.08 Å². The lowest BCUT2D eigenvalue weighted by atomic mass is 10.4. The van der Waals surface area contributed by atoms with Crippen molar-refractivity contribution >= 4 is 32.1 Å². The van der Waals surface area contributed by atoms with Crippen molar-refractivity contribution in [3.05, 3.63) is 12.2 Å². The molecule has 26 heavy (non-hydrogen) atoms. The van der Waals surface area contributed by atoms with Crippen LogP contribution in [0.25, 0.3) is 0 Å². The van der Waals surface area contributed by atoms with Crippen LogP contribution in [0.4, 0.5) is 0 Å². The fourth-order valence-electron chi connectivity index (χ4n) is 2.09. The van der Waals surface area contributed by atoms with Gasteiger partial charge in [-0.2, -0.15) is 0 Å². The number of carbonyl (C=O) groups excluding carboxylic acids is 1. The van der Waals surface area contributed by atoms with Crippen molar-refractivity contribution in [2.45, 2.75) is 83.9 Å². The molecule has 0 aromatic heterocycles. The molecule has 0 heterocycles. The van der Waals surface area contributed by atoms with Crippen LogP contribution in [0.15, 0.2) is 12.2 Å². The standard InChI is InChI=1S/C17H38O6Si3/c1-9-11-15(18)21-16(19)14(2)20-12-10-13-24-17(22-25(3,4)5)23-26(6,7)8/h9,11,14,16-17,19H,10,12-13,24H2,1-8H3. The average molecular weight is 423 g/mol. The summed E-state index contributed by atoms with van der Waals surface area (Å²) in [6, 6.07) is 1.04. The van der Waals surface area contributed by atoms with Crippen molar-refractivity contribution in [3.63, 3.8) is 0 Å². The Bertz CT molecular complexity index is 415. The Morgan fingerprint density at radius 3 is 2.12 bits per heavy atom. The lowest BCUT2D eigenvalue weighted by Crippen LogP contribution is -2.43. The fourth-order valence-corrected chi connectivity index (χ4v) is 8.62. The molecule has 0 aromatic carbocycles. The van der Waals surface area contributed by atoms with Crippen molar-refractivity contribution in [3.8, 4) is 0 Å². The molecule has 0 aliphatic carbocycles. The maximum atomic E-state index is 11.3. The topological polar surface area (TPSA) is 74.2 Å². The lowest BCUT2D eigenvalue weighted by molar-refractivity contribution is -0.186. The number of ether oxygens (including phenoxy) is 2. The Morgan fingerprint density at radius 2 is 1.65 bits per heavy atom. The van der Waals surface area contributed by atoms with E-state index >= 15 is 0 Å². The maximum Gasteiger partial charge on any atom is 0.332 e. The van der Waals surface area contributed by atoms with Crippen LogP contribution >= 0.6 is 0 Å². The second-order valence-corrected chi connectivity index (χ2v) is 19.2. The first kappa shape index (κ1) is 25.7. The van der Waals surface area contributed by atoms with Gasteiger partial charge in [0.1, 0.15) is 12.0 Å². The minimum absolute atomic E-state index is 0.0156. The van der Waals surface area contributed by atoms with Crippen molar-refractivity contribution in [2.75, 3.05) is 6.61 Å². The number of aliphatic hydroxyl groups is 1. The third kappa shape index (κ3) is 14.8. The first-order chi connectivity index (χ1) is 11.8. The number of esters is 1. The van der Waals surface area contributed by atoms with E-state index in [0.29, 0.717) is 6.61 Å². The van der Waals surface area contributed by atoms with Gasteiger partial charge in [0.25, 0.3) is 0 Å². The molecule has 0 radical (unpaired) electrons. The molecule has 2 atom stereocenters. The van der Waals surface area contributed by atoms with Crippen LogP contribution < -0.4 is 0 Å². The van der Waals surface area contributed by atoms with Crippen LogP contribution in [0, 0.1) is 0 Å². The number of rotatable bonds is 13. The van der Waals surface area contributed by atoms with Crippen LogP contribution in [-0.4, -0.2) is 62.1 Å². The molecule has 0 aliphatic rings. The highest BCUT2D eigenvalue weighted by Crippen LogP contribution is 2.15. The van der Waals surface area contributed by atoms with Gasteiger partial charge in [0.05, 0.1) is 9.52 Å². The van der Waals surface area contributed by atoms with Crippen molar-refractivity contribution < 1.29 is 28.2 Å². The zero-order chi connectivity index (χ0) is 20.4. The third-order valence-electron chi connectivity index (χ3n) is 3.13. The van der Waals surface area contributed by atoms with Gasteiger partial charge in [-0.25, -0.2) is 4.79 Å². The summed E-state index contributed by atoms with van der Waals surface area (Å²) < 4.78 is 22.8. The summed E-state index contributed by atoms with van der Waals surface area (Å²) in [7, 11) is -3.80. The van der Waals surface area contributed by atoms with Gasteiger partial charge in [-0.05, 0) is 59.6 Å². The van der Waals surface area contributed by atoms with E-state index < -0.39 is 44.5 Å². The Morgan fingerprint density at radius 1 is 1.12 bits per heavy atom. The number of hydrogen-bond donors (Lipinski definition) is 1. The molecule has 0 rings (SSSR count). The van der Waals surface area contributed by atoms with Crippen LogP contribution in [0.2, 0.25) is 45.3 Å². The molecule has 0 fully saturated rings. The molecule has 9 heteroatoms. The Labute approximate surface area is 163 Å². The van der Waals surface area contributed by atoms with Crippen molar-refractivity contribution in [2.24, 2.45) is 0 Å². The number of allylic oxidation sites excluding steroid dienone is 1.